The van der Waals surface area contributed by atoms with Crippen LogP contribution in [0.1, 0.15) is 48.0 Å². The molecule has 1 atom stereocenters. The van der Waals surface area contributed by atoms with Gasteiger partial charge in [0.15, 0.2) is 0 Å². The molecule has 0 aromatic heterocycles. The standard InChI is InChI=1S/C21H24ClNO2/c1-2-25-20-12-8-17(9-13-20)21(24)23-14-4-3-5-18(15-23)16-6-10-19(22)11-7-16/h6-13,18H,2-5,14-15H2,1H3. The van der Waals surface area contributed by atoms with Crippen LogP contribution in [0.3, 0.4) is 0 Å². The fraction of sp³-hybridized carbons (Fsp3) is 0.381. The van der Waals surface area contributed by atoms with E-state index < -0.39 is 0 Å². The number of nitrogens with zero attached hydrogens (tertiary/aromatic N) is 1. The molecule has 0 radical (unpaired) electrons. The van der Waals surface area contributed by atoms with Gasteiger partial charge in [0.1, 0.15) is 5.75 Å². The maximum absolute atomic E-state index is 12.9. The fourth-order valence-corrected chi connectivity index (χ4v) is 3.50. The lowest BCUT2D eigenvalue weighted by atomic mass is 9.94. The van der Waals surface area contributed by atoms with Crippen molar-refractivity contribution in [2.75, 3.05) is 19.7 Å². The highest BCUT2D eigenvalue weighted by Crippen LogP contribution is 2.28. The largest absolute Gasteiger partial charge is 0.494 e. The van der Waals surface area contributed by atoms with Crippen LogP contribution in [0.15, 0.2) is 48.5 Å². The van der Waals surface area contributed by atoms with Gasteiger partial charge in [-0.1, -0.05) is 30.2 Å². The number of hydrogen-bond acceptors (Lipinski definition) is 2. The lowest BCUT2D eigenvalue weighted by Gasteiger charge is -2.25. The molecule has 1 unspecified atom stereocenters. The molecule has 0 bridgehead atoms. The van der Waals surface area contributed by atoms with Gasteiger partial charge in [0.25, 0.3) is 5.91 Å². The molecule has 1 saturated heterocycles. The molecule has 0 aliphatic carbocycles. The van der Waals surface area contributed by atoms with Gasteiger partial charge in [0.2, 0.25) is 0 Å². The van der Waals surface area contributed by atoms with Crippen LogP contribution in [0.5, 0.6) is 5.75 Å². The molecule has 1 fully saturated rings. The van der Waals surface area contributed by atoms with Gasteiger partial charge in [-0.05, 0) is 61.7 Å². The Morgan fingerprint density at radius 3 is 2.52 bits per heavy atom. The zero-order valence-electron chi connectivity index (χ0n) is 14.6. The molecular weight excluding hydrogens is 334 g/mol. The van der Waals surface area contributed by atoms with Crippen molar-refractivity contribution in [3.05, 3.63) is 64.7 Å². The van der Waals surface area contributed by atoms with Gasteiger partial charge in [-0.2, -0.15) is 0 Å². The Bertz CT molecular complexity index is 697. The van der Waals surface area contributed by atoms with Gasteiger partial charge >= 0.3 is 0 Å². The highest BCUT2D eigenvalue weighted by atomic mass is 35.5. The highest BCUT2D eigenvalue weighted by molar-refractivity contribution is 6.30. The van der Waals surface area contributed by atoms with E-state index in [0.717, 1.165) is 48.7 Å². The molecule has 2 aromatic rings. The SMILES string of the molecule is CCOc1ccc(C(=O)N2CCCCC(c3ccc(Cl)cc3)C2)cc1. The van der Waals surface area contributed by atoms with Crippen molar-refractivity contribution < 1.29 is 9.53 Å². The Morgan fingerprint density at radius 2 is 1.84 bits per heavy atom. The third-order valence-corrected chi connectivity index (χ3v) is 4.96. The summed E-state index contributed by atoms with van der Waals surface area (Å²) in [7, 11) is 0. The van der Waals surface area contributed by atoms with Crippen LogP contribution >= 0.6 is 11.6 Å². The number of likely N-dealkylation sites (tertiary alicyclic amines) is 1. The number of ether oxygens (including phenoxy) is 1. The molecule has 4 heteroatoms. The number of rotatable bonds is 4. The summed E-state index contributed by atoms with van der Waals surface area (Å²) >= 11 is 6.00. The lowest BCUT2D eigenvalue weighted by molar-refractivity contribution is 0.0754. The van der Waals surface area contributed by atoms with Crippen LogP contribution in [-0.2, 0) is 0 Å². The second kappa shape index (κ2) is 8.39. The molecule has 1 heterocycles. The first kappa shape index (κ1) is 17.8. The zero-order chi connectivity index (χ0) is 17.6. The zero-order valence-corrected chi connectivity index (χ0v) is 15.3. The van der Waals surface area contributed by atoms with E-state index in [1.807, 2.05) is 48.2 Å². The molecule has 2 aromatic carbocycles. The summed E-state index contributed by atoms with van der Waals surface area (Å²) in [6.45, 7) is 4.15. The van der Waals surface area contributed by atoms with Crippen LogP contribution < -0.4 is 4.74 Å². The number of carbonyl (C=O) groups is 1. The second-order valence-electron chi connectivity index (χ2n) is 6.45. The number of hydrogen-bond donors (Lipinski definition) is 0. The summed E-state index contributed by atoms with van der Waals surface area (Å²) in [4.78, 5) is 14.9. The van der Waals surface area contributed by atoms with E-state index in [1.54, 1.807) is 0 Å². The molecule has 1 aliphatic rings. The van der Waals surface area contributed by atoms with E-state index in [2.05, 4.69) is 12.1 Å². The van der Waals surface area contributed by atoms with Gasteiger partial charge in [-0.15, -0.1) is 0 Å². The summed E-state index contributed by atoms with van der Waals surface area (Å²) in [5.74, 6) is 1.27. The lowest BCUT2D eigenvalue weighted by Crippen LogP contribution is -2.34. The quantitative estimate of drug-likeness (QED) is 0.757. The number of amides is 1. The molecule has 1 aliphatic heterocycles. The summed E-state index contributed by atoms with van der Waals surface area (Å²) in [5.41, 5.74) is 1.98. The minimum atomic E-state index is 0.101. The van der Waals surface area contributed by atoms with Crippen molar-refractivity contribution >= 4 is 17.5 Å². The van der Waals surface area contributed by atoms with E-state index in [4.69, 9.17) is 16.3 Å². The normalized spacial score (nSPS) is 17.8. The maximum atomic E-state index is 12.9. The average molecular weight is 358 g/mol. The molecule has 25 heavy (non-hydrogen) atoms. The van der Waals surface area contributed by atoms with Gasteiger partial charge in [0.05, 0.1) is 6.61 Å². The molecule has 0 spiro atoms. The summed E-state index contributed by atoms with van der Waals surface area (Å²) in [6.07, 6.45) is 3.29. The molecule has 3 rings (SSSR count). The van der Waals surface area contributed by atoms with Crippen LogP contribution in [0.4, 0.5) is 0 Å². The predicted octanol–water partition coefficient (Wildman–Crippen LogP) is 5.15. The Kier molecular flexibility index (Phi) is 5.98. The second-order valence-corrected chi connectivity index (χ2v) is 6.89. The first-order chi connectivity index (χ1) is 12.2. The van der Waals surface area contributed by atoms with Crippen LogP contribution in [0.2, 0.25) is 5.02 Å². The molecular formula is C21H24ClNO2. The predicted molar refractivity (Wildman–Crippen MR) is 102 cm³/mol. The number of halogens is 1. The Hall–Kier alpha value is -2.00. The van der Waals surface area contributed by atoms with Gasteiger partial charge in [-0.3, -0.25) is 4.79 Å². The van der Waals surface area contributed by atoms with Gasteiger partial charge in [-0.25, -0.2) is 0 Å². The first-order valence-electron chi connectivity index (χ1n) is 8.95. The number of carbonyl (C=O) groups excluding carboxylic acids is 1. The molecule has 1 amide bonds. The number of benzene rings is 2. The molecule has 3 nitrogen and oxygen atoms in total. The van der Waals surface area contributed by atoms with E-state index >= 15 is 0 Å². The monoisotopic (exact) mass is 357 g/mol. The summed E-state index contributed by atoms with van der Waals surface area (Å²) in [6, 6.07) is 15.5. The fourth-order valence-electron chi connectivity index (χ4n) is 3.38. The third-order valence-electron chi connectivity index (χ3n) is 4.71. The van der Waals surface area contributed by atoms with Crippen molar-refractivity contribution in [1.29, 1.82) is 0 Å². The third kappa shape index (κ3) is 4.55. The summed E-state index contributed by atoms with van der Waals surface area (Å²) in [5, 5.41) is 0.750. The van der Waals surface area contributed by atoms with E-state index in [-0.39, 0.29) is 5.91 Å². The molecule has 0 saturated carbocycles. The van der Waals surface area contributed by atoms with Gasteiger partial charge in [0, 0.05) is 29.6 Å². The van der Waals surface area contributed by atoms with Crippen LogP contribution in [-0.4, -0.2) is 30.5 Å². The van der Waals surface area contributed by atoms with Crippen LogP contribution in [0, 0.1) is 0 Å². The van der Waals surface area contributed by atoms with Crippen molar-refractivity contribution in [3.8, 4) is 5.75 Å². The van der Waals surface area contributed by atoms with Crippen molar-refractivity contribution in [2.45, 2.75) is 32.1 Å². The van der Waals surface area contributed by atoms with Crippen molar-refractivity contribution in [2.24, 2.45) is 0 Å². The van der Waals surface area contributed by atoms with E-state index in [0.29, 0.717) is 12.5 Å². The maximum Gasteiger partial charge on any atom is 0.253 e. The minimum Gasteiger partial charge on any atom is -0.494 e. The highest BCUT2D eigenvalue weighted by Gasteiger charge is 2.24. The molecule has 0 N–H and O–H groups in total. The van der Waals surface area contributed by atoms with E-state index in [9.17, 15) is 4.79 Å². The minimum absolute atomic E-state index is 0.101. The van der Waals surface area contributed by atoms with Gasteiger partial charge < -0.3 is 9.64 Å². The topological polar surface area (TPSA) is 29.5 Å². The smallest absolute Gasteiger partial charge is 0.253 e. The summed E-state index contributed by atoms with van der Waals surface area (Å²) < 4.78 is 5.45. The van der Waals surface area contributed by atoms with Crippen molar-refractivity contribution in [1.82, 2.24) is 4.90 Å². The van der Waals surface area contributed by atoms with Crippen molar-refractivity contribution in [3.63, 3.8) is 0 Å². The van der Waals surface area contributed by atoms with E-state index in [1.165, 1.54) is 5.56 Å². The first-order valence-corrected chi connectivity index (χ1v) is 9.32. The average Bonchev–Trinajstić information content (AvgIpc) is 2.89. The Labute approximate surface area is 154 Å². The molecule has 132 valence electrons. The Morgan fingerprint density at radius 1 is 1.12 bits per heavy atom. The Balaban J connectivity index is 1.73. The van der Waals surface area contributed by atoms with Crippen LogP contribution in [0.25, 0.3) is 0 Å².